The van der Waals surface area contributed by atoms with Crippen LogP contribution in [-0.2, 0) is 6.42 Å². The van der Waals surface area contributed by atoms with Crippen LogP contribution in [0, 0.1) is 5.25 Å². The first-order valence-corrected chi connectivity index (χ1v) is 5.15. The number of hydrogen-bond donors (Lipinski definition) is 0. The molecule has 0 spiro atoms. The van der Waals surface area contributed by atoms with Crippen LogP contribution in [0.25, 0.3) is 0 Å². The Balaban J connectivity index is 2.43. The van der Waals surface area contributed by atoms with Crippen LogP contribution in [0.3, 0.4) is 0 Å². The van der Waals surface area contributed by atoms with Gasteiger partial charge in [-0.3, -0.25) is 0 Å². The van der Waals surface area contributed by atoms with Crippen molar-refractivity contribution in [2.75, 3.05) is 0 Å². The smallest absolute Gasteiger partial charge is 0.0370 e. The van der Waals surface area contributed by atoms with E-state index in [1.807, 2.05) is 11.8 Å². The average Bonchev–Trinajstić information content (AvgIpc) is 2.27. The number of halogens is 1. The molecule has 0 saturated carbocycles. The van der Waals surface area contributed by atoms with Crippen LogP contribution in [0.4, 0.5) is 0 Å². The third-order valence-electron chi connectivity index (χ3n) is 1.75. The Hall–Kier alpha value is 0.0500. The Bertz CT molecular complexity index is 283. The van der Waals surface area contributed by atoms with E-state index in [9.17, 15) is 0 Å². The molecule has 1 aliphatic rings. The van der Waals surface area contributed by atoms with E-state index in [2.05, 4.69) is 41.1 Å². The van der Waals surface area contributed by atoms with E-state index in [4.69, 9.17) is 0 Å². The molecule has 0 aliphatic carbocycles. The van der Waals surface area contributed by atoms with Crippen molar-refractivity contribution in [3.8, 4) is 0 Å². The number of thioether (sulfide) groups is 1. The largest absolute Gasteiger partial charge is 0.118 e. The minimum absolute atomic E-state index is 1.14. The Labute approximate surface area is 79.5 Å². The quantitative estimate of drug-likeness (QED) is 0.653. The average molecular weight is 228 g/mol. The van der Waals surface area contributed by atoms with Crippen molar-refractivity contribution in [2.45, 2.75) is 18.2 Å². The van der Waals surface area contributed by atoms with E-state index in [-0.39, 0.29) is 0 Å². The number of benzene rings is 1. The second kappa shape index (κ2) is 2.83. The van der Waals surface area contributed by atoms with Crippen LogP contribution in [0.15, 0.2) is 27.6 Å². The summed E-state index contributed by atoms with van der Waals surface area (Å²) in [4.78, 5) is 1.42. The van der Waals surface area contributed by atoms with Gasteiger partial charge in [0.15, 0.2) is 0 Å². The highest BCUT2D eigenvalue weighted by Crippen LogP contribution is 2.42. The van der Waals surface area contributed by atoms with Gasteiger partial charge < -0.3 is 0 Å². The van der Waals surface area contributed by atoms with Gasteiger partial charge in [-0.1, -0.05) is 15.9 Å². The first-order valence-electron chi connectivity index (χ1n) is 3.54. The maximum Gasteiger partial charge on any atom is 0.0370 e. The van der Waals surface area contributed by atoms with Gasteiger partial charge in [0.05, 0.1) is 0 Å². The van der Waals surface area contributed by atoms with Crippen molar-refractivity contribution in [3.63, 3.8) is 0 Å². The molecule has 0 bridgehead atoms. The van der Waals surface area contributed by atoms with Gasteiger partial charge in [0.1, 0.15) is 0 Å². The van der Waals surface area contributed by atoms with E-state index in [0.29, 0.717) is 0 Å². The van der Waals surface area contributed by atoms with Gasteiger partial charge in [-0.05, 0) is 37.1 Å². The Kier molecular flexibility index (Phi) is 1.98. The molecule has 1 aliphatic heterocycles. The molecule has 0 amide bonds. The summed E-state index contributed by atoms with van der Waals surface area (Å²) in [5.74, 6) is 0. The minimum atomic E-state index is 1.14. The summed E-state index contributed by atoms with van der Waals surface area (Å²) >= 11 is 5.36. The molecule has 0 atom stereocenters. The lowest BCUT2D eigenvalue weighted by Crippen LogP contribution is -1.81. The topological polar surface area (TPSA) is 0 Å². The molecular weight excluding hydrogens is 220 g/mol. The molecule has 57 valence electrons. The molecule has 0 nitrogen and oxygen atoms in total. The molecule has 2 heteroatoms. The van der Waals surface area contributed by atoms with Gasteiger partial charge in [0, 0.05) is 14.6 Å². The normalized spacial score (nSPS) is 16.9. The van der Waals surface area contributed by atoms with Crippen LogP contribution in [-0.4, -0.2) is 0 Å². The SMILES string of the molecule is C[C]1Cc2cc(Br)ccc2S1. The molecular formula is C9H8BrS. The van der Waals surface area contributed by atoms with E-state index < -0.39 is 0 Å². The lowest BCUT2D eigenvalue weighted by atomic mass is 10.1. The van der Waals surface area contributed by atoms with Crippen molar-refractivity contribution in [3.05, 3.63) is 33.5 Å². The first kappa shape index (κ1) is 7.69. The third kappa shape index (κ3) is 1.47. The summed E-state index contributed by atoms with van der Waals surface area (Å²) in [6.07, 6.45) is 1.14. The second-order valence-corrected chi connectivity index (χ2v) is 4.99. The standard InChI is InChI=1S/C9H8BrS/c1-6-4-7-5-8(10)2-3-9(7)11-6/h2-3,5H,4H2,1H3. The zero-order chi connectivity index (χ0) is 7.84. The Morgan fingerprint density at radius 1 is 1.45 bits per heavy atom. The van der Waals surface area contributed by atoms with Crippen LogP contribution in [0.1, 0.15) is 12.5 Å². The van der Waals surface area contributed by atoms with E-state index in [1.165, 1.54) is 20.2 Å². The highest BCUT2D eigenvalue weighted by Gasteiger charge is 2.18. The van der Waals surface area contributed by atoms with E-state index in [0.717, 1.165) is 6.42 Å². The molecule has 0 fully saturated rings. The highest BCUT2D eigenvalue weighted by atomic mass is 79.9. The van der Waals surface area contributed by atoms with Crippen LogP contribution in [0.5, 0.6) is 0 Å². The summed E-state index contributed by atoms with van der Waals surface area (Å²) in [6, 6.07) is 6.49. The fourth-order valence-electron chi connectivity index (χ4n) is 1.28. The maximum atomic E-state index is 3.47. The summed E-state index contributed by atoms with van der Waals surface area (Å²) in [7, 11) is 0. The molecule has 0 saturated heterocycles. The van der Waals surface area contributed by atoms with Crippen molar-refractivity contribution in [2.24, 2.45) is 0 Å². The zero-order valence-electron chi connectivity index (χ0n) is 6.23. The Morgan fingerprint density at radius 2 is 2.27 bits per heavy atom. The predicted molar refractivity (Wildman–Crippen MR) is 52.6 cm³/mol. The lowest BCUT2D eigenvalue weighted by Gasteiger charge is -1.95. The zero-order valence-corrected chi connectivity index (χ0v) is 8.63. The van der Waals surface area contributed by atoms with Crippen LogP contribution in [0.2, 0.25) is 0 Å². The van der Waals surface area contributed by atoms with Gasteiger partial charge >= 0.3 is 0 Å². The number of hydrogen-bond acceptors (Lipinski definition) is 1. The molecule has 1 aromatic rings. The number of fused-ring (bicyclic) bond motifs is 1. The van der Waals surface area contributed by atoms with Gasteiger partial charge in [-0.25, -0.2) is 0 Å². The van der Waals surface area contributed by atoms with Crippen molar-refractivity contribution in [1.29, 1.82) is 0 Å². The van der Waals surface area contributed by atoms with Crippen LogP contribution < -0.4 is 0 Å². The van der Waals surface area contributed by atoms with E-state index in [1.54, 1.807) is 0 Å². The van der Waals surface area contributed by atoms with Crippen molar-refractivity contribution >= 4 is 27.7 Å². The molecule has 0 aromatic heterocycles. The predicted octanol–water partition coefficient (Wildman–Crippen LogP) is 3.65. The maximum absolute atomic E-state index is 3.47. The fourth-order valence-corrected chi connectivity index (χ4v) is 2.69. The van der Waals surface area contributed by atoms with Crippen molar-refractivity contribution < 1.29 is 0 Å². The van der Waals surface area contributed by atoms with Gasteiger partial charge in [-0.2, -0.15) is 0 Å². The molecule has 11 heavy (non-hydrogen) atoms. The first-order chi connectivity index (χ1) is 5.25. The Morgan fingerprint density at radius 3 is 3.09 bits per heavy atom. The molecule has 0 unspecified atom stereocenters. The van der Waals surface area contributed by atoms with Gasteiger partial charge in [0.25, 0.3) is 0 Å². The molecule has 1 radical (unpaired) electrons. The second-order valence-electron chi connectivity index (χ2n) is 2.73. The summed E-state index contributed by atoms with van der Waals surface area (Å²) in [5.41, 5.74) is 1.46. The molecule has 1 aromatic carbocycles. The molecule has 1 heterocycles. The third-order valence-corrected chi connectivity index (χ3v) is 3.35. The monoisotopic (exact) mass is 227 g/mol. The lowest BCUT2D eigenvalue weighted by molar-refractivity contribution is 1.10. The van der Waals surface area contributed by atoms with E-state index >= 15 is 0 Å². The van der Waals surface area contributed by atoms with Crippen LogP contribution >= 0.6 is 27.7 Å². The van der Waals surface area contributed by atoms with Gasteiger partial charge in [0.2, 0.25) is 0 Å². The minimum Gasteiger partial charge on any atom is -0.118 e. The fraction of sp³-hybridized carbons (Fsp3) is 0.222. The summed E-state index contributed by atoms with van der Waals surface area (Å²) < 4.78 is 1.19. The molecule has 2 rings (SSSR count). The van der Waals surface area contributed by atoms with Gasteiger partial charge in [-0.15, -0.1) is 11.8 Å². The highest BCUT2D eigenvalue weighted by molar-refractivity contribution is 9.10. The number of rotatable bonds is 0. The molecule has 0 N–H and O–H groups in total. The summed E-state index contributed by atoms with van der Waals surface area (Å²) in [6.45, 7) is 2.19. The summed E-state index contributed by atoms with van der Waals surface area (Å²) in [5, 5.41) is 1.50. The van der Waals surface area contributed by atoms with Crippen molar-refractivity contribution in [1.82, 2.24) is 0 Å².